The van der Waals surface area contributed by atoms with Crippen LogP contribution in [0.5, 0.6) is 0 Å². The van der Waals surface area contributed by atoms with Crippen LogP contribution in [0.15, 0.2) is 43.0 Å². The van der Waals surface area contributed by atoms with E-state index in [0.717, 1.165) is 31.2 Å². The fourth-order valence-electron chi connectivity index (χ4n) is 1.70. The summed E-state index contributed by atoms with van der Waals surface area (Å²) < 4.78 is 0. The zero-order chi connectivity index (χ0) is 11.1. The van der Waals surface area contributed by atoms with E-state index < -0.39 is 5.60 Å². The topological polar surface area (TPSA) is 20.2 Å². The van der Waals surface area contributed by atoms with E-state index in [1.54, 1.807) is 0 Å². The molecule has 0 aliphatic heterocycles. The van der Waals surface area contributed by atoms with E-state index in [4.69, 9.17) is 0 Å². The zero-order valence-electron chi connectivity index (χ0n) is 9.45. The van der Waals surface area contributed by atoms with Crippen LogP contribution in [0, 0.1) is 0 Å². The monoisotopic (exact) mass is 204 g/mol. The number of unbranched alkanes of at least 4 members (excludes halogenated alkanes) is 2. The van der Waals surface area contributed by atoms with E-state index >= 15 is 0 Å². The lowest BCUT2D eigenvalue weighted by Crippen LogP contribution is -2.20. The lowest BCUT2D eigenvalue weighted by Gasteiger charge is -2.23. The molecule has 1 rings (SSSR count). The Morgan fingerprint density at radius 3 is 2.53 bits per heavy atom. The highest BCUT2D eigenvalue weighted by atomic mass is 16.3. The van der Waals surface area contributed by atoms with Gasteiger partial charge in [0, 0.05) is 0 Å². The number of rotatable bonds is 6. The summed E-state index contributed by atoms with van der Waals surface area (Å²) in [5.74, 6) is 0. The summed E-state index contributed by atoms with van der Waals surface area (Å²) in [5, 5.41) is 10.3. The zero-order valence-corrected chi connectivity index (χ0v) is 9.45. The first-order valence-corrected chi connectivity index (χ1v) is 5.55. The highest BCUT2D eigenvalue weighted by Crippen LogP contribution is 2.26. The molecular weight excluding hydrogens is 184 g/mol. The van der Waals surface area contributed by atoms with Crippen LogP contribution < -0.4 is 0 Å². The van der Waals surface area contributed by atoms with Gasteiger partial charge in [0.05, 0.1) is 5.60 Å². The average molecular weight is 204 g/mol. The number of hydrogen-bond acceptors (Lipinski definition) is 1. The van der Waals surface area contributed by atoms with Crippen molar-refractivity contribution in [2.75, 3.05) is 0 Å². The maximum Gasteiger partial charge on any atom is 0.0868 e. The van der Waals surface area contributed by atoms with Gasteiger partial charge in [-0.05, 0) is 38.2 Å². The number of allylic oxidation sites excluding steroid dienone is 1. The third-order valence-electron chi connectivity index (χ3n) is 2.72. The molecule has 0 radical (unpaired) electrons. The third-order valence-corrected chi connectivity index (χ3v) is 2.72. The van der Waals surface area contributed by atoms with Crippen LogP contribution in [0.3, 0.4) is 0 Å². The Kier molecular flexibility index (Phi) is 4.57. The van der Waals surface area contributed by atoms with Crippen molar-refractivity contribution in [3.8, 4) is 0 Å². The van der Waals surface area contributed by atoms with Crippen molar-refractivity contribution in [1.82, 2.24) is 0 Å². The van der Waals surface area contributed by atoms with Gasteiger partial charge in [-0.3, -0.25) is 0 Å². The fraction of sp³-hybridized carbons (Fsp3) is 0.429. The first kappa shape index (κ1) is 12.0. The van der Waals surface area contributed by atoms with Gasteiger partial charge in [-0.2, -0.15) is 0 Å². The van der Waals surface area contributed by atoms with E-state index in [9.17, 15) is 5.11 Å². The van der Waals surface area contributed by atoms with Crippen LogP contribution >= 0.6 is 0 Å². The van der Waals surface area contributed by atoms with E-state index in [1.807, 2.05) is 43.3 Å². The molecule has 0 bridgehead atoms. The molecule has 1 heteroatoms. The summed E-state index contributed by atoms with van der Waals surface area (Å²) in [5.41, 5.74) is 0.311. The van der Waals surface area contributed by atoms with Crippen LogP contribution in [0.4, 0.5) is 0 Å². The van der Waals surface area contributed by atoms with Crippen LogP contribution in [-0.4, -0.2) is 5.11 Å². The molecule has 15 heavy (non-hydrogen) atoms. The van der Waals surface area contributed by atoms with E-state index in [-0.39, 0.29) is 0 Å². The van der Waals surface area contributed by atoms with Crippen LogP contribution in [0.2, 0.25) is 0 Å². The Labute approximate surface area is 92.5 Å². The molecule has 0 saturated heterocycles. The third kappa shape index (κ3) is 3.88. The van der Waals surface area contributed by atoms with Gasteiger partial charge in [-0.25, -0.2) is 0 Å². The van der Waals surface area contributed by atoms with Gasteiger partial charge in [-0.15, -0.1) is 6.58 Å². The van der Waals surface area contributed by atoms with Gasteiger partial charge < -0.3 is 5.11 Å². The average Bonchev–Trinajstić information content (AvgIpc) is 2.26. The van der Waals surface area contributed by atoms with Crippen molar-refractivity contribution in [3.63, 3.8) is 0 Å². The predicted molar refractivity (Wildman–Crippen MR) is 64.7 cm³/mol. The van der Waals surface area contributed by atoms with Gasteiger partial charge in [-0.1, -0.05) is 36.4 Å². The minimum atomic E-state index is -0.692. The first-order valence-electron chi connectivity index (χ1n) is 5.55. The molecule has 1 N–H and O–H groups in total. The van der Waals surface area contributed by atoms with Gasteiger partial charge in [0.25, 0.3) is 0 Å². The quantitative estimate of drug-likeness (QED) is 0.554. The smallest absolute Gasteiger partial charge is 0.0868 e. The Morgan fingerprint density at radius 2 is 1.93 bits per heavy atom. The lowest BCUT2D eigenvalue weighted by molar-refractivity contribution is 0.0451. The summed E-state index contributed by atoms with van der Waals surface area (Å²) in [6.45, 7) is 5.58. The molecule has 0 heterocycles. The van der Waals surface area contributed by atoms with Gasteiger partial charge in [0.2, 0.25) is 0 Å². The Bertz CT molecular complexity index is 287. The second-order valence-corrected chi connectivity index (χ2v) is 4.17. The first-order chi connectivity index (χ1) is 7.17. The molecule has 0 amide bonds. The molecule has 1 unspecified atom stereocenters. The van der Waals surface area contributed by atoms with Crippen LogP contribution in [0.1, 0.15) is 38.2 Å². The summed E-state index contributed by atoms with van der Waals surface area (Å²) in [4.78, 5) is 0. The van der Waals surface area contributed by atoms with Gasteiger partial charge >= 0.3 is 0 Å². The molecule has 0 fully saturated rings. The van der Waals surface area contributed by atoms with E-state index in [1.165, 1.54) is 0 Å². The minimum Gasteiger partial charge on any atom is -0.385 e. The minimum absolute atomic E-state index is 0.692. The van der Waals surface area contributed by atoms with Gasteiger partial charge in [0.1, 0.15) is 0 Å². The molecule has 82 valence electrons. The lowest BCUT2D eigenvalue weighted by atomic mass is 9.90. The number of aliphatic hydroxyl groups is 1. The molecule has 0 aliphatic carbocycles. The van der Waals surface area contributed by atoms with Crippen molar-refractivity contribution in [3.05, 3.63) is 48.6 Å². The van der Waals surface area contributed by atoms with Crippen LogP contribution in [0.25, 0.3) is 0 Å². The Hall–Kier alpha value is -1.08. The summed E-state index contributed by atoms with van der Waals surface area (Å²) in [6.07, 6.45) is 5.91. The largest absolute Gasteiger partial charge is 0.385 e. The molecule has 1 aromatic rings. The highest BCUT2D eigenvalue weighted by Gasteiger charge is 2.21. The van der Waals surface area contributed by atoms with Crippen molar-refractivity contribution in [2.24, 2.45) is 0 Å². The van der Waals surface area contributed by atoms with Crippen LogP contribution in [-0.2, 0) is 5.60 Å². The number of benzene rings is 1. The van der Waals surface area contributed by atoms with Crippen molar-refractivity contribution in [2.45, 2.75) is 38.2 Å². The Balaban J connectivity index is 2.48. The predicted octanol–water partition coefficient (Wildman–Crippen LogP) is 3.64. The van der Waals surface area contributed by atoms with E-state index in [0.29, 0.717) is 0 Å². The second kappa shape index (κ2) is 5.72. The van der Waals surface area contributed by atoms with Crippen molar-refractivity contribution < 1.29 is 5.11 Å². The fourth-order valence-corrected chi connectivity index (χ4v) is 1.70. The molecule has 0 saturated carbocycles. The van der Waals surface area contributed by atoms with Crippen molar-refractivity contribution in [1.29, 1.82) is 0 Å². The summed E-state index contributed by atoms with van der Waals surface area (Å²) >= 11 is 0. The summed E-state index contributed by atoms with van der Waals surface area (Å²) in [7, 11) is 0. The molecule has 0 aliphatic rings. The Morgan fingerprint density at radius 1 is 1.27 bits per heavy atom. The molecule has 1 atom stereocenters. The molecule has 1 nitrogen and oxygen atoms in total. The number of hydrogen-bond donors (Lipinski definition) is 1. The van der Waals surface area contributed by atoms with Gasteiger partial charge in [0.15, 0.2) is 0 Å². The van der Waals surface area contributed by atoms with Crippen molar-refractivity contribution >= 4 is 0 Å². The molecule has 1 aromatic carbocycles. The molecular formula is C14H20O. The SMILES string of the molecule is C=CCCCCC(C)(O)c1ccccc1. The highest BCUT2D eigenvalue weighted by molar-refractivity contribution is 5.21. The second-order valence-electron chi connectivity index (χ2n) is 4.17. The molecule has 0 aromatic heterocycles. The maximum atomic E-state index is 10.3. The van der Waals surface area contributed by atoms with E-state index in [2.05, 4.69) is 6.58 Å². The normalized spacial score (nSPS) is 14.5. The maximum absolute atomic E-state index is 10.3. The summed E-state index contributed by atoms with van der Waals surface area (Å²) in [6, 6.07) is 9.86. The molecule has 0 spiro atoms. The standard InChI is InChI=1S/C14H20O/c1-3-4-5-9-12-14(2,15)13-10-7-6-8-11-13/h3,6-8,10-11,15H,1,4-5,9,12H2,2H3.